The average molecular weight is 354 g/mol. The Morgan fingerprint density at radius 3 is 2.68 bits per heavy atom. The van der Waals surface area contributed by atoms with Crippen molar-refractivity contribution in [3.8, 4) is 17.2 Å². The largest absolute Gasteiger partial charge is 0.496 e. The molecule has 0 amide bonds. The van der Waals surface area contributed by atoms with Gasteiger partial charge in [0.05, 0.1) is 18.1 Å². The second-order valence-electron chi connectivity index (χ2n) is 5.70. The molecule has 0 aliphatic rings. The Labute approximate surface area is 149 Å². The highest BCUT2D eigenvalue weighted by Gasteiger charge is 2.15. The Morgan fingerprint density at radius 1 is 1.12 bits per heavy atom. The molecule has 0 fully saturated rings. The average Bonchev–Trinajstić information content (AvgIpc) is 3.05. The molecule has 4 aromatic rings. The van der Waals surface area contributed by atoms with Gasteiger partial charge in [-0.15, -0.1) is 11.6 Å². The van der Waals surface area contributed by atoms with Crippen LogP contribution in [0.4, 0.5) is 5.82 Å². The molecule has 2 aromatic heterocycles. The third kappa shape index (κ3) is 2.76. The van der Waals surface area contributed by atoms with Crippen molar-refractivity contribution >= 4 is 39.4 Å². The number of para-hydroxylation sites is 1. The monoisotopic (exact) mass is 353 g/mol. The van der Waals surface area contributed by atoms with Crippen LogP contribution in [0.2, 0.25) is 0 Å². The second kappa shape index (κ2) is 6.26. The van der Waals surface area contributed by atoms with Crippen molar-refractivity contribution in [2.45, 2.75) is 6.42 Å². The van der Waals surface area contributed by atoms with Gasteiger partial charge in [0.25, 0.3) is 0 Å². The van der Waals surface area contributed by atoms with Crippen molar-refractivity contribution in [3.05, 3.63) is 48.0 Å². The Hall–Kier alpha value is -2.79. The fourth-order valence-electron chi connectivity index (χ4n) is 2.91. The molecule has 6 heteroatoms. The summed E-state index contributed by atoms with van der Waals surface area (Å²) in [6.45, 7) is 0. The van der Waals surface area contributed by atoms with Crippen LogP contribution in [0.3, 0.4) is 0 Å². The van der Waals surface area contributed by atoms with Gasteiger partial charge < -0.3 is 14.9 Å². The van der Waals surface area contributed by atoms with Crippen LogP contribution in [-0.4, -0.2) is 23.0 Å². The number of hydrogen-bond acceptors (Lipinski definition) is 5. The molecule has 0 aliphatic heterocycles. The molecule has 2 N–H and O–H groups in total. The first kappa shape index (κ1) is 15.7. The fourth-order valence-corrected chi connectivity index (χ4v) is 3.11. The number of aryl methyl sites for hydroxylation is 1. The number of anilines is 1. The summed E-state index contributed by atoms with van der Waals surface area (Å²) in [5.41, 5.74) is 9.84. The van der Waals surface area contributed by atoms with Gasteiger partial charge in [-0.1, -0.05) is 18.2 Å². The number of rotatable bonds is 4. The van der Waals surface area contributed by atoms with E-state index in [0.29, 0.717) is 35.1 Å². The van der Waals surface area contributed by atoms with E-state index in [2.05, 4.69) is 9.97 Å². The summed E-state index contributed by atoms with van der Waals surface area (Å²) in [5, 5.41) is 0.997. The number of aromatic nitrogens is 2. The third-order valence-electron chi connectivity index (χ3n) is 4.12. The molecule has 0 saturated carbocycles. The first-order valence-corrected chi connectivity index (χ1v) is 8.42. The number of ether oxygens (including phenoxy) is 1. The molecule has 2 heterocycles. The van der Waals surface area contributed by atoms with E-state index in [1.807, 2.05) is 42.5 Å². The number of alkyl halides is 1. The molecule has 0 spiro atoms. The van der Waals surface area contributed by atoms with Gasteiger partial charge in [0, 0.05) is 17.3 Å². The van der Waals surface area contributed by atoms with E-state index in [-0.39, 0.29) is 0 Å². The zero-order valence-electron chi connectivity index (χ0n) is 13.6. The Kier molecular flexibility index (Phi) is 3.93. The topological polar surface area (TPSA) is 74.2 Å². The quantitative estimate of drug-likeness (QED) is 0.550. The molecule has 4 rings (SSSR count). The zero-order valence-corrected chi connectivity index (χ0v) is 14.4. The summed E-state index contributed by atoms with van der Waals surface area (Å²) in [4.78, 5) is 9.15. The van der Waals surface area contributed by atoms with Crippen molar-refractivity contribution in [1.82, 2.24) is 9.97 Å². The first-order chi connectivity index (χ1) is 12.2. The first-order valence-electron chi connectivity index (χ1n) is 7.88. The van der Waals surface area contributed by atoms with Crippen LogP contribution in [-0.2, 0) is 6.42 Å². The van der Waals surface area contributed by atoms with Crippen molar-refractivity contribution in [1.29, 1.82) is 0 Å². The van der Waals surface area contributed by atoms with Crippen LogP contribution in [0.25, 0.3) is 33.5 Å². The molecule has 0 radical (unpaired) electrons. The summed E-state index contributed by atoms with van der Waals surface area (Å²) in [5.74, 6) is 2.15. The van der Waals surface area contributed by atoms with Gasteiger partial charge in [0.15, 0.2) is 11.6 Å². The highest BCUT2D eigenvalue weighted by molar-refractivity contribution is 6.18. The Balaban J connectivity index is 1.90. The fraction of sp³-hybridized carbons (Fsp3) is 0.158. The van der Waals surface area contributed by atoms with E-state index in [4.69, 9.17) is 26.5 Å². The summed E-state index contributed by atoms with van der Waals surface area (Å²) in [6, 6.07) is 13.5. The van der Waals surface area contributed by atoms with Crippen molar-refractivity contribution in [3.63, 3.8) is 0 Å². The number of halogens is 1. The lowest BCUT2D eigenvalue weighted by Crippen LogP contribution is -2.00. The minimum Gasteiger partial charge on any atom is -0.496 e. The maximum Gasteiger partial charge on any atom is 0.157 e. The lowest BCUT2D eigenvalue weighted by molar-refractivity contribution is 0.411. The van der Waals surface area contributed by atoms with Gasteiger partial charge >= 0.3 is 0 Å². The van der Waals surface area contributed by atoms with Crippen LogP contribution in [0, 0.1) is 0 Å². The van der Waals surface area contributed by atoms with Gasteiger partial charge in [-0.3, -0.25) is 0 Å². The minimum atomic E-state index is 0.318. The maximum absolute atomic E-state index is 6.13. The van der Waals surface area contributed by atoms with Crippen LogP contribution in [0.5, 0.6) is 5.75 Å². The number of nitrogens with zero attached hydrogens (tertiary/aromatic N) is 2. The van der Waals surface area contributed by atoms with Crippen molar-refractivity contribution in [2.24, 2.45) is 0 Å². The minimum absolute atomic E-state index is 0.318. The SMILES string of the molecule is COc1cc2nc(N)c(-c3cc4ccccc4o3)nc2cc1CCCl. The van der Waals surface area contributed by atoms with Crippen LogP contribution >= 0.6 is 11.6 Å². The zero-order chi connectivity index (χ0) is 17.4. The smallest absolute Gasteiger partial charge is 0.157 e. The second-order valence-corrected chi connectivity index (χ2v) is 6.08. The molecule has 0 unspecified atom stereocenters. The molecule has 126 valence electrons. The van der Waals surface area contributed by atoms with E-state index < -0.39 is 0 Å². The van der Waals surface area contributed by atoms with E-state index >= 15 is 0 Å². The van der Waals surface area contributed by atoms with E-state index in [1.54, 1.807) is 7.11 Å². The molecule has 0 aliphatic carbocycles. The standard InChI is InChI=1S/C19H16ClN3O2/c1-24-16-10-14-13(8-12(16)6-7-20)22-18(19(21)23-14)17-9-11-4-2-3-5-15(11)25-17/h2-5,8-10H,6-7H2,1H3,(H2,21,23). The van der Waals surface area contributed by atoms with Gasteiger partial charge in [0.2, 0.25) is 0 Å². The van der Waals surface area contributed by atoms with Crippen LogP contribution < -0.4 is 10.5 Å². The van der Waals surface area contributed by atoms with E-state index in [1.165, 1.54) is 0 Å². The number of methoxy groups -OCH3 is 1. The van der Waals surface area contributed by atoms with Gasteiger partial charge in [-0.25, -0.2) is 9.97 Å². The number of nitrogens with two attached hydrogens (primary N) is 1. The number of hydrogen-bond donors (Lipinski definition) is 1. The molecular formula is C19H16ClN3O2. The Morgan fingerprint density at radius 2 is 1.92 bits per heavy atom. The number of furan rings is 1. The van der Waals surface area contributed by atoms with Gasteiger partial charge in [0.1, 0.15) is 17.0 Å². The number of nitrogen functional groups attached to an aromatic ring is 1. The summed E-state index contributed by atoms with van der Waals surface area (Å²) in [6.07, 6.45) is 0.687. The molecule has 0 bridgehead atoms. The lowest BCUT2D eigenvalue weighted by Gasteiger charge is -2.10. The van der Waals surface area contributed by atoms with Crippen molar-refractivity contribution < 1.29 is 9.15 Å². The normalized spacial score (nSPS) is 11.3. The predicted molar refractivity (Wildman–Crippen MR) is 100 cm³/mol. The third-order valence-corrected chi connectivity index (χ3v) is 4.31. The Bertz CT molecular complexity index is 1040. The summed E-state index contributed by atoms with van der Waals surface area (Å²) >= 11 is 5.89. The van der Waals surface area contributed by atoms with Gasteiger partial charge in [-0.05, 0) is 30.2 Å². The molecule has 0 saturated heterocycles. The lowest BCUT2D eigenvalue weighted by atomic mass is 10.1. The predicted octanol–water partition coefficient (Wildman–Crippen LogP) is 4.42. The molecule has 2 aromatic carbocycles. The highest BCUT2D eigenvalue weighted by Crippen LogP contribution is 2.32. The summed E-state index contributed by atoms with van der Waals surface area (Å²) in [7, 11) is 1.62. The number of benzene rings is 2. The summed E-state index contributed by atoms with van der Waals surface area (Å²) < 4.78 is 11.3. The molecule has 25 heavy (non-hydrogen) atoms. The van der Waals surface area contributed by atoms with Gasteiger partial charge in [-0.2, -0.15) is 0 Å². The van der Waals surface area contributed by atoms with Crippen molar-refractivity contribution in [2.75, 3.05) is 18.7 Å². The molecule has 0 atom stereocenters. The van der Waals surface area contributed by atoms with E-state index in [0.717, 1.165) is 27.8 Å². The highest BCUT2D eigenvalue weighted by atomic mass is 35.5. The molecular weight excluding hydrogens is 338 g/mol. The molecule has 5 nitrogen and oxygen atoms in total. The van der Waals surface area contributed by atoms with Crippen LogP contribution in [0.15, 0.2) is 46.9 Å². The maximum atomic E-state index is 6.13. The van der Waals surface area contributed by atoms with Crippen LogP contribution in [0.1, 0.15) is 5.56 Å². The van der Waals surface area contributed by atoms with E-state index in [9.17, 15) is 0 Å². The number of fused-ring (bicyclic) bond motifs is 2.